The molecule has 0 aromatic heterocycles. The monoisotopic (exact) mass is 303 g/mol. The molecule has 0 spiro atoms. The summed E-state index contributed by atoms with van der Waals surface area (Å²) < 4.78 is 37.8. The number of benzene rings is 1. The summed E-state index contributed by atoms with van der Waals surface area (Å²) in [4.78, 5) is 9.00. The molecule has 2 N–H and O–H groups in total. The second kappa shape index (κ2) is 7.45. The van der Waals surface area contributed by atoms with E-state index in [1.165, 1.54) is 13.0 Å². The molecule has 21 heavy (non-hydrogen) atoms. The van der Waals surface area contributed by atoms with Gasteiger partial charge in [-0.15, -0.1) is 0 Å². The maximum atomic E-state index is 12.6. The van der Waals surface area contributed by atoms with Gasteiger partial charge >= 0.3 is 6.18 Å². The van der Waals surface area contributed by atoms with Crippen molar-refractivity contribution in [3.8, 4) is 0 Å². The zero-order chi connectivity index (χ0) is 16.0. The third kappa shape index (κ3) is 5.75. The Bertz CT molecular complexity index is 476. The molecule has 1 atom stereocenters. The van der Waals surface area contributed by atoms with Crippen molar-refractivity contribution in [1.29, 1.82) is 0 Å². The molecule has 1 saturated heterocycles. The van der Waals surface area contributed by atoms with Crippen LogP contribution in [0, 0.1) is 6.92 Å². The van der Waals surface area contributed by atoms with Crippen LogP contribution in [0.15, 0.2) is 18.2 Å². The number of piperidine rings is 1. The topological polar surface area (TPSA) is 49.3 Å². The van der Waals surface area contributed by atoms with Crippen molar-refractivity contribution in [1.82, 2.24) is 5.32 Å². The van der Waals surface area contributed by atoms with Crippen LogP contribution in [0.25, 0.3) is 0 Å². The highest BCUT2D eigenvalue weighted by atomic mass is 19.4. The molecule has 0 bridgehead atoms. The summed E-state index contributed by atoms with van der Waals surface area (Å²) in [6.45, 7) is 3.56. The fraction of sp³-hybridized carbons (Fsp3) is 0.533. The van der Waals surface area contributed by atoms with E-state index in [1.54, 1.807) is 12.1 Å². The molecule has 6 heteroatoms. The van der Waals surface area contributed by atoms with Gasteiger partial charge in [-0.05, 0) is 43.5 Å². The van der Waals surface area contributed by atoms with E-state index in [9.17, 15) is 13.2 Å². The lowest BCUT2D eigenvalue weighted by Gasteiger charge is -2.24. The van der Waals surface area contributed by atoms with Crippen molar-refractivity contribution in [2.24, 2.45) is 0 Å². The predicted octanol–water partition coefficient (Wildman–Crippen LogP) is 3.92. The van der Waals surface area contributed by atoms with E-state index in [0.717, 1.165) is 38.3 Å². The first kappa shape index (κ1) is 17.5. The van der Waals surface area contributed by atoms with E-state index in [4.69, 9.17) is 9.90 Å². The van der Waals surface area contributed by atoms with Crippen LogP contribution < -0.4 is 5.32 Å². The standard InChI is InChI=1S/C13H16F3N.C2H4O2/c1-9-8-10(12-4-2-3-7-17-12)5-6-11(9)13(14,15)16;1-2(3)4/h5-6,8,12,17H,2-4,7H2,1H3;1H3,(H,3,4). The van der Waals surface area contributed by atoms with Gasteiger partial charge in [0.1, 0.15) is 0 Å². The van der Waals surface area contributed by atoms with Crippen LogP contribution in [-0.4, -0.2) is 17.6 Å². The van der Waals surface area contributed by atoms with Gasteiger partial charge in [0.05, 0.1) is 5.56 Å². The minimum atomic E-state index is -4.25. The molecular weight excluding hydrogens is 283 g/mol. The smallest absolute Gasteiger partial charge is 0.416 e. The lowest BCUT2D eigenvalue weighted by molar-refractivity contribution is -0.138. The Balaban J connectivity index is 0.000000491. The van der Waals surface area contributed by atoms with Crippen LogP contribution in [0.3, 0.4) is 0 Å². The van der Waals surface area contributed by atoms with E-state index >= 15 is 0 Å². The summed E-state index contributed by atoms with van der Waals surface area (Å²) in [5.74, 6) is -0.833. The Morgan fingerprint density at radius 3 is 2.38 bits per heavy atom. The number of nitrogens with one attached hydrogen (secondary N) is 1. The Hall–Kier alpha value is -1.56. The molecule has 0 aliphatic carbocycles. The average molecular weight is 303 g/mol. The van der Waals surface area contributed by atoms with Crippen LogP contribution in [0.1, 0.15) is 48.9 Å². The van der Waals surface area contributed by atoms with Crippen LogP contribution >= 0.6 is 0 Å². The molecular formula is C15H20F3NO2. The van der Waals surface area contributed by atoms with E-state index in [2.05, 4.69) is 5.32 Å². The second-order valence-corrected chi connectivity index (χ2v) is 5.09. The van der Waals surface area contributed by atoms with Gasteiger partial charge in [-0.2, -0.15) is 13.2 Å². The summed E-state index contributed by atoms with van der Waals surface area (Å²) in [6.07, 6.45) is -0.957. The number of carbonyl (C=O) groups is 1. The van der Waals surface area contributed by atoms with Crippen molar-refractivity contribution in [3.63, 3.8) is 0 Å². The number of alkyl halides is 3. The molecule has 1 unspecified atom stereocenters. The fourth-order valence-electron chi connectivity index (χ4n) is 2.36. The molecule has 0 radical (unpaired) electrons. The number of hydrogen-bond acceptors (Lipinski definition) is 2. The Morgan fingerprint density at radius 1 is 1.33 bits per heavy atom. The normalized spacial score (nSPS) is 18.6. The van der Waals surface area contributed by atoms with Crippen molar-refractivity contribution in [3.05, 3.63) is 34.9 Å². The fourth-order valence-corrected chi connectivity index (χ4v) is 2.36. The summed E-state index contributed by atoms with van der Waals surface area (Å²) in [5, 5.41) is 10.8. The molecule has 0 saturated carbocycles. The van der Waals surface area contributed by atoms with Gasteiger partial charge in [0, 0.05) is 13.0 Å². The molecule has 0 amide bonds. The summed E-state index contributed by atoms with van der Waals surface area (Å²) >= 11 is 0. The van der Waals surface area contributed by atoms with E-state index in [1.807, 2.05) is 0 Å². The zero-order valence-corrected chi connectivity index (χ0v) is 12.1. The molecule has 1 aromatic carbocycles. The predicted molar refractivity (Wildman–Crippen MR) is 74.1 cm³/mol. The van der Waals surface area contributed by atoms with Gasteiger partial charge in [-0.25, -0.2) is 0 Å². The first-order valence-corrected chi connectivity index (χ1v) is 6.82. The molecule has 2 rings (SSSR count). The molecule has 1 heterocycles. The Morgan fingerprint density at radius 2 is 1.95 bits per heavy atom. The SMILES string of the molecule is CC(=O)O.Cc1cc(C2CCCCN2)ccc1C(F)(F)F. The molecule has 3 nitrogen and oxygen atoms in total. The third-order valence-corrected chi connectivity index (χ3v) is 3.27. The molecule has 1 aliphatic rings. The first-order valence-electron chi connectivity index (χ1n) is 6.82. The third-order valence-electron chi connectivity index (χ3n) is 3.27. The molecule has 1 aromatic rings. The van der Waals surface area contributed by atoms with Crippen molar-refractivity contribution in [2.75, 3.05) is 6.54 Å². The number of rotatable bonds is 1. The maximum Gasteiger partial charge on any atom is 0.416 e. The number of hydrogen-bond donors (Lipinski definition) is 2. The molecule has 1 fully saturated rings. The van der Waals surface area contributed by atoms with Gasteiger partial charge in [0.2, 0.25) is 0 Å². The van der Waals surface area contributed by atoms with Gasteiger partial charge in [-0.3, -0.25) is 4.79 Å². The highest BCUT2D eigenvalue weighted by Gasteiger charge is 2.32. The summed E-state index contributed by atoms with van der Waals surface area (Å²) in [5.41, 5.74) is 0.745. The molecule has 1 aliphatic heterocycles. The van der Waals surface area contributed by atoms with E-state index in [-0.39, 0.29) is 6.04 Å². The van der Waals surface area contributed by atoms with Gasteiger partial charge in [-0.1, -0.05) is 18.6 Å². The van der Waals surface area contributed by atoms with Crippen LogP contribution in [0.2, 0.25) is 0 Å². The lowest BCUT2D eigenvalue weighted by Crippen LogP contribution is -2.26. The van der Waals surface area contributed by atoms with Crippen molar-refractivity contribution in [2.45, 2.75) is 45.3 Å². The first-order chi connectivity index (χ1) is 9.71. The van der Waals surface area contributed by atoms with Crippen molar-refractivity contribution < 1.29 is 23.1 Å². The van der Waals surface area contributed by atoms with Gasteiger partial charge < -0.3 is 10.4 Å². The number of aliphatic carboxylic acids is 1. The van der Waals surface area contributed by atoms with Crippen LogP contribution in [0.4, 0.5) is 13.2 Å². The van der Waals surface area contributed by atoms with E-state index < -0.39 is 17.7 Å². The minimum absolute atomic E-state index is 0.213. The number of carboxylic acid groups (broad SMARTS) is 1. The summed E-state index contributed by atoms with van der Waals surface area (Å²) in [6, 6.07) is 4.66. The van der Waals surface area contributed by atoms with Crippen LogP contribution in [-0.2, 0) is 11.0 Å². The molecule has 118 valence electrons. The largest absolute Gasteiger partial charge is 0.481 e. The quantitative estimate of drug-likeness (QED) is 0.826. The minimum Gasteiger partial charge on any atom is -0.481 e. The average Bonchev–Trinajstić information content (AvgIpc) is 2.37. The van der Waals surface area contributed by atoms with Gasteiger partial charge in [0.15, 0.2) is 0 Å². The number of aryl methyl sites for hydroxylation is 1. The van der Waals surface area contributed by atoms with Crippen LogP contribution in [0.5, 0.6) is 0 Å². The number of carboxylic acids is 1. The zero-order valence-electron chi connectivity index (χ0n) is 12.1. The highest BCUT2D eigenvalue weighted by Crippen LogP contribution is 2.33. The van der Waals surface area contributed by atoms with E-state index in [0.29, 0.717) is 5.56 Å². The number of halogens is 3. The Kier molecular flexibility index (Phi) is 6.20. The highest BCUT2D eigenvalue weighted by molar-refractivity contribution is 5.62. The summed E-state index contributed by atoms with van der Waals surface area (Å²) in [7, 11) is 0. The maximum absolute atomic E-state index is 12.6. The van der Waals surface area contributed by atoms with Crippen molar-refractivity contribution >= 4 is 5.97 Å². The lowest BCUT2D eigenvalue weighted by atomic mass is 9.94. The Labute approximate surface area is 122 Å². The van der Waals surface area contributed by atoms with Gasteiger partial charge in [0.25, 0.3) is 5.97 Å². The second-order valence-electron chi connectivity index (χ2n) is 5.09.